The van der Waals surface area contributed by atoms with Gasteiger partial charge in [-0.3, -0.25) is 0 Å². The Balaban J connectivity index is 2.50. The molecule has 0 aliphatic rings. The highest BCUT2D eigenvalue weighted by atomic mass is 32.2. The van der Waals surface area contributed by atoms with Crippen molar-refractivity contribution in [2.75, 3.05) is 0 Å². The van der Waals surface area contributed by atoms with Crippen LogP contribution in [-0.4, -0.2) is 23.5 Å². The molecule has 0 saturated carbocycles. The highest BCUT2D eigenvalue weighted by Gasteiger charge is 2.47. The lowest BCUT2D eigenvalue weighted by molar-refractivity contribution is -0.0437. The molecule has 0 amide bonds. The van der Waals surface area contributed by atoms with Crippen LogP contribution in [0.4, 0.5) is 13.2 Å². The van der Waals surface area contributed by atoms with E-state index < -0.39 is 20.2 Å². The van der Waals surface area contributed by atoms with Gasteiger partial charge in [0.1, 0.15) is 0 Å². The third-order valence-corrected chi connectivity index (χ3v) is 5.25. The van der Waals surface area contributed by atoms with Crippen molar-refractivity contribution in [1.29, 1.82) is 0 Å². The fourth-order valence-corrected chi connectivity index (χ4v) is 3.55. The van der Waals surface area contributed by atoms with Crippen molar-refractivity contribution >= 4 is 21.6 Å². The Morgan fingerprint density at radius 2 is 1.90 bits per heavy atom. The third kappa shape index (κ3) is 2.68. The van der Waals surface area contributed by atoms with Crippen LogP contribution in [0.5, 0.6) is 0 Å². The molecule has 2 rings (SSSR count). The molecule has 0 atom stereocenters. The van der Waals surface area contributed by atoms with Gasteiger partial charge >= 0.3 is 5.51 Å². The van der Waals surface area contributed by atoms with Gasteiger partial charge in [-0.15, -0.1) is 0 Å². The van der Waals surface area contributed by atoms with Gasteiger partial charge in [0.15, 0.2) is 5.16 Å². The fraction of sp³-hybridized carbons (Fsp3) is 0.182. The van der Waals surface area contributed by atoms with E-state index >= 15 is 0 Å². The molecule has 0 N–H and O–H groups in total. The topological polar surface area (TPSA) is 52.0 Å². The first-order chi connectivity index (χ1) is 9.23. The summed E-state index contributed by atoms with van der Waals surface area (Å²) in [7, 11) is -3.72. The van der Waals surface area contributed by atoms with E-state index in [1.54, 1.807) is 17.8 Å². The van der Waals surface area contributed by atoms with E-state index in [0.29, 0.717) is 5.16 Å². The van der Waals surface area contributed by atoms with E-state index in [2.05, 4.69) is 4.98 Å². The molecule has 0 spiro atoms. The minimum Gasteiger partial charge on any atom is -0.329 e. The first kappa shape index (κ1) is 14.9. The summed E-state index contributed by atoms with van der Waals surface area (Å²) in [6.07, 6.45) is 3.09. The minimum atomic E-state index is -5.38. The Morgan fingerprint density at radius 3 is 2.45 bits per heavy atom. The Hall–Kier alpha value is -1.48. The first-order valence-corrected chi connectivity index (χ1v) is 7.59. The van der Waals surface area contributed by atoms with Crippen molar-refractivity contribution in [3.8, 4) is 0 Å². The summed E-state index contributed by atoms with van der Waals surface area (Å²) in [4.78, 5) is 3.17. The molecular weight excluding hydrogens is 313 g/mol. The number of hydrogen-bond donors (Lipinski definition) is 0. The Morgan fingerprint density at radius 1 is 1.25 bits per heavy atom. The van der Waals surface area contributed by atoms with Crippen molar-refractivity contribution in [2.24, 2.45) is 7.05 Å². The minimum absolute atomic E-state index is 0.0147. The number of alkyl halides is 3. The molecule has 20 heavy (non-hydrogen) atoms. The van der Waals surface area contributed by atoms with Crippen LogP contribution in [0, 0.1) is 0 Å². The molecule has 2 aromatic rings. The second kappa shape index (κ2) is 5.13. The van der Waals surface area contributed by atoms with Crippen molar-refractivity contribution in [2.45, 2.75) is 20.5 Å². The zero-order chi connectivity index (χ0) is 15.0. The zero-order valence-electron chi connectivity index (χ0n) is 10.1. The van der Waals surface area contributed by atoms with Gasteiger partial charge in [-0.05, 0) is 12.1 Å². The highest BCUT2D eigenvalue weighted by Crippen LogP contribution is 2.37. The van der Waals surface area contributed by atoms with E-state index in [1.165, 1.54) is 24.4 Å². The maximum atomic E-state index is 12.6. The van der Waals surface area contributed by atoms with Crippen LogP contribution < -0.4 is 0 Å². The van der Waals surface area contributed by atoms with Crippen molar-refractivity contribution in [3.63, 3.8) is 0 Å². The Bertz CT molecular complexity index is 723. The number of hydrogen-bond acceptors (Lipinski definition) is 4. The molecule has 0 radical (unpaired) electrons. The van der Waals surface area contributed by atoms with Crippen LogP contribution in [0.25, 0.3) is 0 Å². The molecule has 4 nitrogen and oxygen atoms in total. The number of aryl methyl sites for hydroxylation is 1. The summed E-state index contributed by atoms with van der Waals surface area (Å²) in [6.45, 7) is 0. The van der Waals surface area contributed by atoms with Gasteiger partial charge in [-0.2, -0.15) is 13.2 Å². The molecule has 0 saturated heterocycles. The van der Waals surface area contributed by atoms with E-state index in [0.717, 1.165) is 17.8 Å². The maximum Gasteiger partial charge on any atom is 0.501 e. The van der Waals surface area contributed by atoms with Gasteiger partial charge in [0.2, 0.25) is 0 Å². The highest BCUT2D eigenvalue weighted by molar-refractivity contribution is 8.00. The molecule has 0 fully saturated rings. The van der Waals surface area contributed by atoms with Gasteiger partial charge in [0.05, 0.1) is 4.90 Å². The molecule has 0 aliphatic heterocycles. The molecule has 1 aromatic heterocycles. The predicted octanol–water partition coefficient (Wildman–Crippen LogP) is 2.86. The molecule has 9 heteroatoms. The van der Waals surface area contributed by atoms with Crippen molar-refractivity contribution in [3.05, 3.63) is 36.7 Å². The number of halogens is 3. The number of sulfone groups is 1. The summed E-state index contributed by atoms with van der Waals surface area (Å²) in [5.41, 5.74) is -5.33. The SMILES string of the molecule is Cn1ccnc1Sc1ccccc1S(=O)(=O)C(F)(F)F. The maximum absolute atomic E-state index is 12.6. The lowest BCUT2D eigenvalue weighted by atomic mass is 10.4. The molecule has 0 aliphatic carbocycles. The lowest BCUT2D eigenvalue weighted by Crippen LogP contribution is -2.23. The molecule has 108 valence electrons. The smallest absolute Gasteiger partial charge is 0.329 e. The van der Waals surface area contributed by atoms with Crippen LogP contribution in [0.1, 0.15) is 0 Å². The van der Waals surface area contributed by atoms with E-state index in [4.69, 9.17) is 0 Å². The monoisotopic (exact) mass is 322 g/mol. The summed E-state index contributed by atoms with van der Waals surface area (Å²) >= 11 is 0.863. The van der Waals surface area contributed by atoms with E-state index in [9.17, 15) is 21.6 Å². The van der Waals surface area contributed by atoms with Crippen LogP contribution in [0.3, 0.4) is 0 Å². The first-order valence-electron chi connectivity index (χ1n) is 5.29. The lowest BCUT2D eigenvalue weighted by Gasteiger charge is -2.11. The van der Waals surface area contributed by atoms with Gasteiger partial charge in [-0.1, -0.05) is 23.9 Å². The Kier molecular flexibility index (Phi) is 3.83. The normalized spacial score (nSPS) is 12.6. The molecule has 1 heterocycles. The summed E-state index contributed by atoms with van der Waals surface area (Å²) in [5.74, 6) is 0. The quantitative estimate of drug-likeness (QED) is 0.872. The van der Waals surface area contributed by atoms with Crippen LogP contribution in [-0.2, 0) is 16.9 Å². The number of benzene rings is 1. The van der Waals surface area contributed by atoms with Crippen LogP contribution in [0.2, 0.25) is 0 Å². The number of nitrogens with zero attached hydrogens (tertiary/aromatic N) is 2. The molecule has 1 aromatic carbocycles. The number of imidazole rings is 1. The second-order valence-electron chi connectivity index (χ2n) is 3.82. The average molecular weight is 322 g/mol. The fourth-order valence-electron chi connectivity index (χ4n) is 1.43. The van der Waals surface area contributed by atoms with Gasteiger partial charge in [0, 0.05) is 24.3 Å². The molecular formula is C11H9F3N2O2S2. The summed E-state index contributed by atoms with van der Waals surface area (Å²) in [6, 6.07) is 4.98. The van der Waals surface area contributed by atoms with Gasteiger partial charge in [-0.25, -0.2) is 13.4 Å². The van der Waals surface area contributed by atoms with Crippen molar-refractivity contribution in [1.82, 2.24) is 9.55 Å². The largest absolute Gasteiger partial charge is 0.501 e. The Labute approximate surface area is 117 Å². The molecule has 0 unspecified atom stereocenters. The second-order valence-corrected chi connectivity index (χ2v) is 6.74. The van der Waals surface area contributed by atoms with E-state index in [1.807, 2.05) is 0 Å². The van der Waals surface area contributed by atoms with Gasteiger partial charge < -0.3 is 4.57 Å². The summed E-state index contributed by atoms with van der Waals surface area (Å²) < 4.78 is 62.5. The number of aromatic nitrogens is 2. The molecule has 0 bridgehead atoms. The predicted molar refractivity (Wildman–Crippen MR) is 67.0 cm³/mol. The van der Waals surface area contributed by atoms with Crippen LogP contribution in [0.15, 0.2) is 51.6 Å². The third-order valence-electron chi connectivity index (χ3n) is 2.42. The zero-order valence-corrected chi connectivity index (χ0v) is 11.8. The van der Waals surface area contributed by atoms with Crippen LogP contribution >= 0.6 is 11.8 Å². The summed E-state index contributed by atoms with van der Waals surface area (Å²) in [5, 5.41) is 0.398. The van der Waals surface area contributed by atoms with Crippen molar-refractivity contribution < 1.29 is 21.6 Å². The standard InChI is InChI=1S/C11H9F3N2O2S2/c1-16-7-6-15-10(16)19-8-4-2-3-5-9(8)20(17,18)11(12,13)14/h2-7H,1H3. The average Bonchev–Trinajstić information content (AvgIpc) is 2.74. The van der Waals surface area contributed by atoms with Gasteiger partial charge in [0.25, 0.3) is 9.84 Å². The number of rotatable bonds is 3. The van der Waals surface area contributed by atoms with E-state index in [-0.39, 0.29) is 4.90 Å².